The van der Waals surface area contributed by atoms with Gasteiger partial charge in [0, 0.05) is 27.6 Å². The zero-order valence-corrected chi connectivity index (χ0v) is 36.5. The largest absolute Gasteiger partial charge is 0.0609 e. The SMILES string of the molecule is CC(C)(C)c1ccc2c(C#Cc3cccc4cccc(C#Cc5c6ccc(C(C)(C)C)cc6cc6ccc(C(C)(C)C)cc56)c34)c3cc(C(C)(C)C)ccc3cc2c1. The second kappa shape index (κ2) is 13.9. The van der Waals surface area contributed by atoms with Crippen molar-refractivity contribution in [2.75, 3.05) is 0 Å². The Morgan fingerprint density at radius 3 is 1.03 bits per heavy atom. The number of hydrogen-bond acceptors (Lipinski definition) is 0. The molecule has 8 rings (SSSR count). The van der Waals surface area contributed by atoms with Crippen LogP contribution in [-0.4, -0.2) is 0 Å². The van der Waals surface area contributed by atoms with Crippen molar-refractivity contribution < 1.29 is 0 Å². The van der Waals surface area contributed by atoms with E-state index in [-0.39, 0.29) is 21.7 Å². The quantitative estimate of drug-likeness (QED) is 0.107. The van der Waals surface area contributed by atoms with Gasteiger partial charge in [0.2, 0.25) is 0 Å². The average Bonchev–Trinajstić information content (AvgIpc) is 3.15. The van der Waals surface area contributed by atoms with Crippen molar-refractivity contribution in [3.05, 3.63) is 166 Å². The molecular formula is C58H56. The number of hydrogen-bond donors (Lipinski definition) is 0. The Labute approximate surface area is 346 Å². The second-order valence-electron chi connectivity index (χ2n) is 20.5. The van der Waals surface area contributed by atoms with Crippen LogP contribution in [0.5, 0.6) is 0 Å². The van der Waals surface area contributed by atoms with Gasteiger partial charge in [-0.05, 0) is 129 Å². The lowest BCUT2D eigenvalue weighted by atomic mass is 9.83. The molecule has 0 atom stereocenters. The van der Waals surface area contributed by atoms with E-state index < -0.39 is 0 Å². The maximum absolute atomic E-state index is 3.76. The molecule has 0 heterocycles. The standard InChI is InChI=1S/C58H56/c1-55(2,3)44-25-29-48-42(33-44)31-40-19-23-46(57(7,8)9)35-52(40)50(48)27-21-38-17-13-15-37-16-14-18-39(54(37)38)22-28-51-49-30-26-45(56(4,5)6)34-43(49)32-41-20-24-47(36-53(41)51)58(10,11)12/h13-20,23-26,29-36H,1-12H3. The highest BCUT2D eigenvalue weighted by Crippen LogP contribution is 2.37. The summed E-state index contributed by atoms with van der Waals surface area (Å²) in [7, 11) is 0. The van der Waals surface area contributed by atoms with Gasteiger partial charge >= 0.3 is 0 Å². The lowest BCUT2D eigenvalue weighted by Crippen LogP contribution is -2.11. The van der Waals surface area contributed by atoms with Crippen LogP contribution < -0.4 is 0 Å². The lowest BCUT2D eigenvalue weighted by Gasteiger charge is -2.21. The molecule has 0 spiro atoms. The molecule has 0 aliphatic carbocycles. The zero-order chi connectivity index (χ0) is 41.4. The summed E-state index contributed by atoms with van der Waals surface area (Å²) in [6.07, 6.45) is 0. The van der Waals surface area contributed by atoms with Crippen molar-refractivity contribution in [1.29, 1.82) is 0 Å². The van der Waals surface area contributed by atoms with Crippen LogP contribution in [0.3, 0.4) is 0 Å². The first kappa shape index (κ1) is 39.0. The first-order valence-electron chi connectivity index (χ1n) is 20.8. The predicted octanol–water partition coefficient (Wildman–Crippen LogP) is 15.4. The van der Waals surface area contributed by atoms with Crippen molar-refractivity contribution >= 4 is 53.9 Å². The highest BCUT2D eigenvalue weighted by Gasteiger charge is 2.20. The summed E-state index contributed by atoms with van der Waals surface area (Å²) in [4.78, 5) is 0. The Balaban J connectivity index is 1.35. The Hall–Kier alpha value is -5.82. The van der Waals surface area contributed by atoms with Gasteiger partial charge in [-0.2, -0.15) is 0 Å². The molecule has 8 aromatic rings. The third-order valence-corrected chi connectivity index (χ3v) is 11.9. The molecule has 0 unspecified atom stereocenters. The molecule has 0 aromatic heterocycles. The minimum atomic E-state index is 0.0196. The molecule has 288 valence electrons. The molecule has 8 aromatic carbocycles. The minimum Gasteiger partial charge on any atom is -0.0609 e. The van der Waals surface area contributed by atoms with Crippen LogP contribution in [0.2, 0.25) is 0 Å². The summed E-state index contributed by atoms with van der Waals surface area (Å²) >= 11 is 0. The summed E-state index contributed by atoms with van der Waals surface area (Å²) in [5.74, 6) is 15.0. The van der Waals surface area contributed by atoms with Crippen LogP contribution in [0.25, 0.3) is 53.9 Å². The number of benzene rings is 8. The topological polar surface area (TPSA) is 0 Å². The Kier molecular flexibility index (Phi) is 9.37. The molecule has 0 N–H and O–H groups in total. The van der Waals surface area contributed by atoms with E-state index >= 15 is 0 Å². The van der Waals surface area contributed by atoms with Gasteiger partial charge in [0.1, 0.15) is 0 Å². The third kappa shape index (κ3) is 7.39. The average molecular weight is 753 g/mol. The molecule has 0 nitrogen and oxygen atoms in total. The Bertz CT molecular complexity index is 2870. The summed E-state index contributed by atoms with van der Waals surface area (Å²) in [5.41, 5.74) is 9.52. The Morgan fingerprint density at radius 2 is 0.655 bits per heavy atom. The molecule has 0 saturated heterocycles. The highest BCUT2D eigenvalue weighted by molar-refractivity contribution is 6.07. The molecule has 0 saturated carbocycles. The van der Waals surface area contributed by atoms with Gasteiger partial charge in [-0.3, -0.25) is 0 Å². The van der Waals surface area contributed by atoms with Crippen molar-refractivity contribution in [3.8, 4) is 23.7 Å². The van der Waals surface area contributed by atoms with E-state index in [0.717, 1.165) is 33.0 Å². The van der Waals surface area contributed by atoms with E-state index in [1.54, 1.807) is 0 Å². The van der Waals surface area contributed by atoms with Crippen LogP contribution in [0.1, 0.15) is 128 Å². The van der Waals surface area contributed by atoms with Crippen LogP contribution in [-0.2, 0) is 21.7 Å². The van der Waals surface area contributed by atoms with Crippen LogP contribution in [0.15, 0.2) is 121 Å². The molecule has 0 aliphatic heterocycles. The molecule has 0 fully saturated rings. The molecule has 0 amide bonds. The molecule has 0 aliphatic rings. The molecular weight excluding hydrogens is 697 g/mol. The van der Waals surface area contributed by atoms with Gasteiger partial charge in [-0.15, -0.1) is 0 Å². The van der Waals surface area contributed by atoms with E-state index in [0.29, 0.717) is 0 Å². The fourth-order valence-electron chi connectivity index (χ4n) is 8.19. The number of fused-ring (bicyclic) bond motifs is 5. The van der Waals surface area contributed by atoms with Crippen LogP contribution in [0, 0.1) is 23.7 Å². The van der Waals surface area contributed by atoms with Gasteiger partial charge in [0.15, 0.2) is 0 Å². The van der Waals surface area contributed by atoms with Crippen LogP contribution in [0.4, 0.5) is 0 Å². The van der Waals surface area contributed by atoms with Gasteiger partial charge in [0.25, 0.3) is 0 Å². The van der Waals surface area contributed by atoms with E-state index in [1.165, 1.54) is 65.3 Å². The van der Waals surface area contributed by atoms with E-state index in [4.69, 9.17) is 0 Å². The first-order chi connectivity index (χ1) is 27.3. The molecule has 0 radical (unpaired) electrons. The Morgan fingerprint density at radius 1 is 0.293 bits per heavy atom. The monoisotopic (exact) mass is 752 g/mol. The smallest absolute Gasteiger partial charge is 0.0406 e. The lowest BCUT2D eigenvalue weighted by molar-refractivity contribution is 0.590. The third-order valence-electron chi connectivity index (χ3n) is 11.9. The van der Waals surface area contributed by atoms with Crippen molar-refractivity contribution in [3.63, 3.8) is 0 Å². The maximum Gasteiger partial charge on any atom is 0.0406 e. The van der Waals surface area contributed by atoms with E-state index in [2.05, 4.69) is 228 Å². The fraction of sp³-hybridized carbons (Fsp3) is 0.276. The summed E-state index contributed by atoms with van der Waals surface area (Å²) in [6.45, 7) is 27.4. The highest BCUT2D eigenvalue weighted by atomic mass is 14.2. The summed E-state index contributed by atoms with van der Waals surface area (Å²) in [6, 6.07) is 45.3. The molecule has 58 heavy (non-hydrogen) atoms. The zero-order valence-electron chi connectivity index (χ0n) is 36.5. The van der Waals surface area contributed by atoms with E-state index in [9.17, 15) is 0 Å². The maximum atomic E-state index is 3.76. The molecule has 0 heteroatoms. The predicted molar refractivity (Wildman–Crippen MR) is 254 cm³/mol. The van der Waals surface area contributed by atoms with E-state index in [1.807, 2.05) is 0 Å². The van der Waals surface area contributed by atoms with Crippen molar-refractivity contribution in [1.82, 2.24) is 0 Å². The van der Waals surface area contributed by atoms with Gasteiger partial charge in [-0.25, -0.2) is 0 Å². The van der Waals surface area contributed by atoms with Gasteiger partial charge in [-0.1, -0.05) is 192 Å². The minimum absolute atomic E-state index is 0.0196. The molecule has 0 bridgehead atoms. The van der Waals surface area contributed by atoms with Gasteiger partial charge in [0.05, 0.1) is 0 Å². The fourth-order valence-corrected chi connectivity index (χ4v) is 8.19. The summed E-state index contributed by atoms with van der Waals surface area (Å²) < 4.78 is 0. The van der Waals surface area contributed by atoms with Crippen LogP contribution >= 0.6 is 0 Å². The van der Waals surface area contributed by atoms with Crippen molar-refractivity contribution in [2.24, 2.45) is 0 Å². The van der Waals surface area contributed by atoms with Gasteiger partial charge < -0.3 is 0 Å². The normalized spacial score (nSPS) is 12.6. The second-order valence-corrected chi connectivity index (χ2v) is 20.5. The summed E-state index contributed by atoms with van der Waals surface area (Å²) in [5, 5.41) is 11.9. The van der Waals surface area contributed by atoms with Crippen molar-refractivity contribution in [2.45, 2.75) is 105 Å². The number of rotatable bonds is 0. The first-order valence-corrected chi connectivity index (χ1v) is 20.8.